The number of hydrogen-bond donors (Lipinski definition) is 2. The number of nitrogens with zero attached hydrogens (tertiary/aromatic N) is 2. The van der Waals surface area contributed by atoms with E-state index in [-0.39, 0.29) is 231 Å². The van der Waals surface area contributed by atoms with Gasteiger partial charge < -0.3 is 57.8 Å². The number of rotatable bonds is 14. The van der Waals surface area contributed by atoms with Gasteiger partial charge in [0.2, 0.25) is 0 Å². The number of benzene rings is 4. The molecule has 0 aromatic heterocycles. The Bertz CT molecular complexity index is 1670. The Morgan fingerprint density at radius 1 is 0.500 bits per heavy atom. The Labute approximate surface area is 485 Å². The number of hydrogen-bond acceptors (Lipinski definition) is 11. The third-order valence-electron chi connectivity index (χ3n) is 8.54. The van der Waals surface area contributed by atoms with Gasteiger partial charge in [-0.3, -0.25) is 0 Å². The normalized spacial score (nSPS) is 18.7. The van der Waals surface area contributed by atoms with Crippen molar-refractivity contribution in [2.75, 3.05) is 0 Å². The summed E-state index contributed by atoms with van der Waals surface area (Å²) in [4.78, 5) is 61.6. The third-order valence-corrected chi connectivity index (χ3v) is 9.43. The molecule has 0 aliphatic carbocycles. The van der Waals surface area contributed by atoms with Crippen molar-refractivity contribution in [1.29, 1.82) is 0 Å². The molecule has 0 radical (unpaired) electrons. The van der Waals surface area contributed by atoms with Crippen LogP contribution in [0.5, 0.6) is 0 Å². The van der Waals surface area contributed by atoms with Crippen LogP contribution in [0.3, 0.4) is 0 Å². The van der Waals surface area contributed by atoms with Gasteiger partial charge >= 0.3 is 212 Å². The molecule has 0 bridgehead atoms. The average Bonchev–Trinajstić information content (AvgIpc) is 3.15. The molecule has 0 spiro atoms. The second kappa shape index (κ2) is 26.3. The molecule has 2 amide bonds. The Balaban J connectivity index is 0.00000364. The molecule has 0 unspecified atom stereocenters. The second-order valence-electron chi connectivity index (χ2n) is 12.1. The first kappa shape index (κ1) is 54.9. The maximum absolute atomic E-state index is 14.8. The number of carbonyl (C=O) groups is 1. The van der Waals surface area contributed by atoms with Crippen molar-refractivity contribution in [3.8, 4) is 0 Å². The summed E-state index contributed by atoms with van der Waals surface area (Å²) in [6.07, 6.45) is -2.29. The van der Waals surface area contributed by atoms with E-state index in [4.69, 9.17) is 0 Å². The van der Waals surface area contributed by atoms with Crippen LogP contribution in [0.4, 0.5) is 4.79 Å². The number of phosphoric acid groups is 2. The van der Waals surface area contributed by atoms with Gasteiger partial charge in [0, 0.05) is 13.1 Å². The van der Waals surface area contributed by atoms with E-state index < -0.39 is 59.2 Å². The Hall–Kier alpha value is 2.84. The molecule has 1 aliphatic heterocycles. The molecule has 1 aliphatic rings. The number of amides is 2. The Morgan fingerprint density at radius 2 is 0.796 bits per heavy atom. The number of urea groups is 1. The summed E-state index contributed by atoms with van der Waals surface area (Å²) >= 11 is 0. The van der Waals surface area contributed by atoms with Gasteiger partial charge in [-0.05, 0) is 46.2 Å². The van der Waals surface area contributed by atoms with Gasteiger partial charge in [0.15, 0.2) is 0 Å². The molecular formula is C35H36K4N2O11P2. The summed E-state index contributed by atoms with van der Waals surface area (Å²) in [5, 5.41) is 23.7. The number of carbonyl (C=O) groups excluding carboxylic acids is 1. The van der Waals surface area contributed by atoms with Gasteiger partial charge in [0.05, 0.1) is 40.9 Å². The molecule has 266 valence electrons. The van der Waals surface area contributed by atoms with E-state index in [1.165, 1.54) is 9.80 Å². The van der Waals surface area contributed by atoms with Crippen LogP contribution in [0.2, 0.25) is 0 Å². The van der Waals surface area contributed by atoms with Crippen LogP contribution < -0.4 is 225 Å². The minimum absolute atomic E-state index is 0. The predicted octanol–water partition coefficient (Wildman–Crippen LogP) is -10.2. The molecule has 1 heterocycles. The van der Waals surface area contributed by atoms with E-state index in [0.29, 0.717) is 22.3 Å². The summed E-state index contributed by atoms with van der Waals surface area (Å²) in [6, 6.07) is 29.3. The van der Waals surface area contributed by atoms with Crippen LogP contribution >= 0.6 is 15.6 Å². The number of aliphatic hydroxyl groups excluding tert-OH is 2. The predicted molar refractivity (Wildman–Crippen MR) is 174 cm³/mol. The summed E-state index contributed by atoms with van der Waals surface area (Å²) in [6.45, 7) is -0.861. The molecule has 0 saturated carbocycles. The van der Waals surface area contributed by atoms with Crippen molar-refractivity contribution in [2.45, 2.75) is 63.4 Å². The van der Waals surface area contributed by atoms with Crippen LogP contribution in [0.15, 0.2) is 109 Å². The molecule has 13 nitrogen and oxygen atoms in total. The van der Waals surface area contributed by atoms with E-state index in [1.54, 1.807) is 48.5 Å². The van der Waals surface area contributed by atoms with Crippen LogP contribution in [0.25, 0.3) is 0 Å². The van der Waals surface area contributed by atoms with Crippen LogP contribution in [0, 0.1) is 0 Å². The fourth-order valence-corrected chi connectivity index (χ4v) is 6.61. The van der Waals surface area contributed by atoms with Crippen molar-refractivity contribution in [2.24, 2.45) is 0 Å². The monoisotopic (exact) mass is 878 g/mol. The van der Waals surface area contributed by atoms with Crippen molar-refractivity contribution >= 4 is 21.7 Å². The third kappa shape index (κ3) is 17.7. The number of phosphoric ester groups is 2. The standard InChI is InChI=1S/C35H40N2O11P2.4K/c38-33-31(19-25-7-3-1-4-8-25)36(21-27-11-15-29(16-12-27)23-47-49(41,42)43)35(40)37(32(34(33)39)20-26-9-5-2-6-10-26)22-28-13-17-30(18-14-28)24-48-50(44,45)46;;;;/h1-18,31-34,38-39H,19-24H2,(H2,41,42,43)(H2,44,45,46);;;;/q;4*+1/p-4/t31-,32-,33+,34+;;;;/m1..../s1. The van der Waals surface area contributed by atoms with Gasteiger partial charge in [-0.1, -0.05) is 109 Å². The van der Waals surface area contributed by atoms with E-state index in [9.17, 15) is 43.7 Å². The molecule has 19 heteroatoms. The molecule has 54 heavy (non-hydrogen) atoms. The summed E-state index contributed by atoms with van der Waals surface area (Å²) < 4.78 is 30.7. The molecular weight excluding hydrogens is 843 g/mol. The van der Waals surface area contributed by atoms with Crippen LogP contribution in [-0.2, 0) is 57.3 Å². The Kier molecular flexibility index (Phi) is 26.8. The van der Waals surface area contributed by atoms with Gasteiger partial charge in [0.25, 0.3) is 0 Å². The zero-order valence-electron chi connectivity index (χ0n) is 30.8. The smallest absolute Gasteiger partial charge is 0.790 e. The quantitative estimate of drug-likeness (QED) is 0.0899. The van der Waals surface area contributed by atoms with Crippen molar-refractivity contribution < 1.29 is 258 Å². The zero-order chi connectivity index (χ0) is 35.9. The van der Waals surface area contributed by atoms with Gasteiger partial charge in [-0.15, -0.1) is 0 Å². The fraction of sp³-hybridized carbons (Fsp3) is 0.286. The maximum Gasteiger partial charge on any atom is 1.00 e. The fourth-order valence-electron chi connectivity index (χ4n) is 6.00. The van der Waals surface area contributed by atoms with Gasteiger partial charge in [-0.2, -0.15) is 0 Å². The first-order valence-electron chi connectivity index (χ1n) is 15.8. The maximum atomic E-state index is 14.8. The molecule has 4 aromatic carbocycles. The molecule has 5 rings (SSSR count). The average molecular weight is 879 g/mol. The number of aliphatic hydroxyl groups is 2. The second-order valence-corrected chi connectivity index (χ2v) is 14.4. The molecule has 4 atom stereocenters. The van der Waals surface area contributed by atoms with Gasteiger partial charge in [-0.25, -0.2) is 4.79 Å². The minimum atomic E-state index is -5.17. The summed E-state index contributed by atoms with van der Waals surface area (Å²) in [7, 11) is -10.3. The first-order valence-corrected chi connectivity index (χ1v) is 18.7. The van der Waals surface area contributed by atoms with Crippen LogP contribution in [-0.4, -0.2) is 50.3 Å². The van der Waals surface area contributed by atoms with Gasteiger partial charge in [0.1, 0.15) is 12.2 Å². The molecule has 2 N–H and O–H groups in total. The first-order chi connectivity index (χ1) is 23.8. The molecule has 4 aromatic rings. The molecule has 1 fully saturated rings. The van der Waals surface area contributed by atoms with Crippen molar-refractivity contribution in [1.82, 2.24) is 9.80 Å². The van der Waals surface area contributed by atoms with E-state index >= 15 is 0 Å². The SMILES string of the molecule is O=C1N(Cc2ccc(COP(=O)([O-])[O-])cc2)[C@H](Cc2ccccc2)[C@H](O)[C@@H](O)[C@@H](Cc2ccccc2)N1Cc1ccc(COP(=O)([O-])[O-])cc1.[K+].[K+].[K+].[K+]. The Morgan fingerprint density at radius 3 is 1.09 bits per heavy atom. The van der Waals surface area contributed by atoms with E-state index in [2.05, 4.69) is 9.05 Å². The van der Waals surface area contributed by atoms with Crippen molar-refractivity contribution in [3.05, 3.63) is 143 Å². The van der Waals surface area contributed by atoms with E-state index in [1.807, 2.05) is 60.7 Å². The topological polar surface area (TPSA) is 209 Å². The zero-order valence-corrected chi connectivity index (χ0v) is 45.1. The minimum Gasteiger partial charge on any atom is -0.790 e. The largest absolute Gasteiger partial charge is 1.00 e. The van der Waals surface area contributed by atoms with Crippen molar-refractivity contribution in [3.63, 3.8) is 0 Å². The molecule has 1 saturated heterocycles. The summed E-state index contributed by atoms with van der Waals surface area (Å²) in [5.74, 6) is 0. The van der Waals surface area contributed by atoms with E-state index in [0.717, 1.165) is 11.1 Å². The van der Waals surface area contributed by atoms with Crippen LogP contribution in [0.1, 0.15) is 33.4 Å². The summed E-state index contributed by atoms with van der Waals surface area (Å²) in [5.41, 5.74) is 3.78.